The number of halogens is 1. The lowest BCUT2D eigenvalue weighted by Crippen LogP contribution is -2.52. The summed E-state index contributed by atoms with van der Waals surface area (Å²) in [7, 11) is 0. The van der Waals surface area contributed by atoms with Crippen molar-refractivity contribution in [3.05, 3.63) is 30.1 Å². The van der Waals surface area contributed by atoms with E-state index >= 15 is 0 Å². The van der Waals surface area contributed by atoms with E-state index in [1.165, 1.54) is 51.0 Å². The largest absolute Gasteiger partial charge is 0.376 e. The fraction of sp³-hybridized carbons (Fsp3) is 0.759. The molecule has 5 fully saturated rings. The predicted octanol–water partition coefficient (Wildman–Crippen LogP) is 6.81. The maximum Gasteiger partial charge on any atom is 0.155 e. The Kier molecular flexibility index (Phi) is 5.01. The van der Waals surface area contributed by atoms with E-state index in [1.54, 1.807) is 12.1 Å². The van der Waals surface area contributed by atoms with E-state index in [2.05, 4.69) is 26.1 Å². The summed E-state index contributed by atoms with van der Waals surface area (Å²) in [6, 6.07) is 6.72. The van der Waals surface area contributed by atoms with E-state index in [9.17, 15) is 9.18 Å². The van der Waals surface area contributed by atoms with Gasteiger partial charge in [-0.2, -0.15) is 0 Å². The molecule has 0 bridgehead atoms. The van der Waals surface area contributed by atoms with Gasteiger partial charge >= 0.3 is 0 Å². The minimum absolute atomic E-state index is 0.157. The Balaban J connectivity index is 1.23. The van der Waals surface area contributed by atoms with Crippen molar-refractivity contribution in [2.45, 2.75) is 65.7 Å². The van der Waals surface area contributed by atoms with Crippen LogP contribution in [0.4, 0.5) is 10.1 Å². The smallest absolute Gasteiger partial charge is 0.155 e. The second-order valence-corrected chi connectivity index (χ2v) is 12.5. The van der Waals surface area contributed by atoms with Crippen LogP contribution in [-0.2, 0) is 4.79 Å². The molecule has 0 spiro atoms. The lowest BCUT2D eigenvalue weighted by atomic mass is 9.47. The maximum atomic E-state index is 14.1. The van der Waals surface area contributed by atoms with E-state index in [-0.39, 0.29) is 23.7 Å². The quantitative estimate of drug-likeness (QED) is 0.560. The first-order valence-corrected chi connectivity index (χ1v) is 13.4. The van der Waals surface area contributed by atoms with E-state index < -0.39 is 0 Å². The normalized spacial score (nSPS) is 48.8. The molecule has 3 heteroatoms. The first kappa shape index (κ1) is 21.2. The zero-order valence-electron chi connectivity index (χ0n) is 20.0. The predicted molar refractivity (Wildman–Crippen MR) is 127 cm³/mol. The number of carbonyl (C=O) groups excluding carboxylic acids is 1. The number of hydrogen-bond acceptors (Lipinski definition) is 2. The van der Waals surface area contributed by atoms with Gasteiger partial charge in [0.1, 0.15) is 5.82 Å². The van der Waals surface area contributed by atoms with Crippen molar-refractivity contribution < 1.29 is 9.18 Å². The first-order valence-electron chi connectivity index (χ1n) is 13.4. The van der Waals surface area contributed by atoms with Gasteiger partial charge in [-0.3, -0.25) is 4.79 Å². The lowest BCUT2D eigenvalue weighted by molar-refractivity contribution is -0.133. The van der Waals surface area contributed by atoms with E-state index in [4.69, 9.17) is 0 Å². The zero-order chi connectivity index (χ0) is 22.2. The molecule has 2 nitrogen and oxygen atoms in total. The minimum atomic E-state index is -0.271. The summed E-state index contributed by atoms with van der Waals surface area (Å²) in [4.78, 5) is 13.6. The van der Waals surface area contributed by atoms with E-state index in [0.717, 1.165) is 41.4 Å². The summed E-state index contributed by atoms with van der Waals surface area (Å²) in [6.07, 6.45) is 9.72. The molecule has 11 atom stereocenters. The van der Waals surface area contributed by atoms with Crippen LogP contribution < -0.4 is 5.32 Å². The molecule has 0 amide bonds. The average Bonchev–Trinajstić information content (AvgIpc) is 3.30. The highest BCUT2D eigenvalue weighted by atomic mass is 19.1. The molecule has 1 aromatic rings. The summed E-state index contributed by atoms with van der Waals surface area (Å²) in [5.74, 6) is 7.56. The van der Waals surface area contributed by atoms with Crippen LogP contribution in [0.1, 0.15) is 65.7 Å². The molecule has 1 aromatic carbocycles. The Labute approximate surface area is 193 Å². The average molecular weight is 438 g/mol. The van der Waals surface area contributed by atoms with Crippen molar-refractivity contribution in [3.8, 4) is 0 Å². The molecule has 2 unspecified atom stereocenters. The standard InChI is InChI=1S/C29H40FNO/c1-16-7-6-8-19-18(16)11-12-21-20(19)13-14-29(3)27(21)25-17(2)26(25)28(29)24(32)15-31-23-10-5-4-9-22(23)30/h4-5,9-10,16-21,25-28,31H,6-8,11-15H2,1-3H3/t16?,17-,18+,19-,20+,21+,25+,26-,27?,28-,29-/m0/s1. The van der Waals surface area contributed by atoms with Gasteiger partial charge in [0.05, 0.1) is 12.2 Å². The Bertz CT molecular complexity index is 899. The Morgan fingerprint density at radius 2 is 1.75 bits per heavy atom. The van der Waals surface area contributed by atoms with Crippen molar-refractivity contribution >= 4 is 11.5 Å². The number of Topliss-reactive ketones (excluding diaryl/α,β-unsaturated/α-hetero) is 1. The SMILES string of the molecule is CC1CCC[C@@H]2[C@H]3CC[C@@]4(C)C([C@@H]5[C@H](C)[C@@H]5[C@@H]4C(=O)CNc4ccccc4F)[C@@H]3CC[C@H]12. The van der Waals surface area contributed by atoms with Gasteiger partial charge < -0.3 is 5.32 Å². The summed E-state index contributed by atoms with van der Waals surface area (Å²) in [5.41, 5.74) is 0.610. The molecule has 0 heterocycles. The molecule has 174 valence electrons. The molecule has 5 aliphatic rings. The first-order chi connectivity index (χ1) is 15.4. The van der Waals surface area contributed by atoms with Crippen molar-refractivity contribution in [2.24, 2.45) is 64.6 Å². The molecule has 32 heavy (non-hydrogen) atoms. The van der Waals surface area contributed by atoms with Crippen LogP contribution in [0.2, 0.25) is 0 Å². The Hall–Kier alpha value is -1.38. The molecule has 0 aliphatic heterocycles. The van der Waals surface area contributed by atoms with E-state index in [1.807, 2.05) is 6.07 Å². The number of anilines is 1. The number of ketones is 1. The van der Waals surface area contributed by atoms with Gasteiger partial charge in [0.2, 0.25) is 0 Å². The van der Waals surface area contributed by atoms with Gasteiger partial charge in [0.15, 0.2) is 5.78 Å². The monoisotopic (exact) mass is 437 g/mol. The summed E-state index contributed by atoms with van der Waals surface area (Å²) in [5, 5.41) is 3.13. The van der Waals surface area contributed by atoms with Crippen molar-refractivity contribution in [2.75, 3.05) is 11.9 Å². The molecule has 0 saturated heterocycles. The lowest BCUT2D eigenvalue weighted by Gasteiger charge is -2.57. The fourth-order valence-corrected chi connectivity index (χ4v) is 10.1. The topological polar surface area (TPSA) is 29.1 Å². The second kappa shape index (κ2) is 7.57. The molecule has 0 aromatic heterocycles. The van der Waals surface area contributed by atoms with Gasteiger partial charge in [0, 0.05) is 5.92 Å². The number of nitrogens with one attached hydrogen (secondary N) is 1. The highest BCUT2D eigenvalue weighted by Gasteiger charge is 2.73. The summed E-state index contributed by atoms with van der Waals surface area (Å²) in [6.45, 7) is 7.64. The molecular formula is C29H40FNO. The zero-order valence-corrected chi connectivity index (χ0v) is 20.0. The molecule has 5 saturated carbocycles. The van der Waals surface area contributed by atoms with Crippen LogP contribution in [0, 0.1) is 70.4 Å². The minimum Gasteiger partial charge on any atom is -0.376 e. The molecule has 1 N–H and O–H groups in total. The number of rotatable bonds is 4. The van der Waals surface area contributed by atoms with Gasteiger partial charge in [0.25, 0.3) is 0 Å². The summed E-state index contributed by atoms with van der Waals surface area (Å²) >= 11 is 0. The van der Waals surface area contributed by atoms with Gasteiger partial charge in [-0.05, 0) is 103 Å². The third kappa shape index (κ3) is 2.98. The molecular weight excluding hydrogens is 397 g/mol. The van der Waals surface area contributed by atoms with E-state index in [0.29, 0.717) is 23.3 Å². The van der Waals surface area contributed by atoms with Gasteiger partial charge in [-0.1, -0.05) is 45.7 Å². The van der Waals surface area contributed by atoms with Crippen LogP contribution in [0.3, 0.4) is 0 Å². The number of fused-ring (bicyclic) bond motifs is 7. The number of carbonyl (C=O) groups is 1. The Morgan fingerprint density at radius 1 is 1.00 bits per heavy atom. The van der Waals surface area contributed by atoms with Gasteiger partial charge in [-0.15, -0.1) is 0 Å². The van der Waals surface area contributed by atoms with Crippen LogP contribution >= 0.6 is 0 Å². The molecule has 5 aliphatic carbocycles. The molecule has 6 rings (SSSR count). The van der Waals surface area contributed by atoms with Crippen molar-refractivity contribution in [1.82, 2.24) is 0 Å². The van der Waals surface area contributed by atoms with Crippen LogP contribution in [0.25, 0.3) is 0 Å². The van der Waals surface area contributed by atoms with Crippen molar-refractivity contribution in [3.63, 3.8) is 0 Å². The maximum absolute atomic E-state index is 14.1. The van der Waals surface area contributed by atoms with Crippen LogP contribution in [-0.4, -0.2) is 12.3 Å². The summed E-state index contributed by atoms with van der Waals surface area (Å²) < 4.78 is 14.1. The third-order valence-electron chi connectivity index (χ3n) is 11.4. The molecule has 0 radical (unpaired) electrons. The highest BCUT2D eigenvalue weighted by Crippen LogP contribution is 2.76. The van der Waals surface area contributed by atoms with Crippen molar-refractivity contribution in [1.29, 1.82) is 0 Å². The third-order valence-corrected chi connectivity index (χ3v) is 11.4. The highest BCUT2D eigenvalue weighted by molar-refractivity contribution is 5.87. The number of benzene rings is 1. The van der Waals surface area contributed by atoms with Gasteiger partial charge in [-0.25, -0.2) is 4.39 Å². The fourth-order valence-electron chi connectivity index (χ4n) is 10.1. The second-order valence-electron chi connectivity index (χ2n) is 12.5. The Morgan fingerprint density at radius 3 is 2.56 bits per heavy atom. The number of hydrogen-bond donors (Lipinski definition) is 1. The number of para-hydroxylation sites is 1. The van der Waals surface area contributed by atoms with Crippen LogP contribution in [0.5, 0.6) is 0 Å². The van der Waals surface area contributed by atoms with Crippen LogP contribution in [0.15, 0.2) is 24.3 Å².